The number of carbonyl (C=O) groups is 1. The molecule has 10 nitrogen and oxygen atoms in total. The topological polar surface area (TPSA) is 133 Å². The molecule has 1 fully saturated rings. The van der Waals surface area contributed by atoms with Crippen molar-refractivity contribution in [2.75, 3.05) is 44.6 Å². The first kappa shape index (κ1) is 21.6. The number of anilines is 1. The van der Waals surface area contributed by atoms with Crippen LogP contribution in [0.5, 0.6) is 0 Å². The fourth-order valence-corrected chi connectivity index (χ4v) is 4.88. The van der Waals surface area contributed by atoms with Gasteiger partial charge in [0.15, 0.2) is 0 Å². The van der Waals surface area contributed by atoms with Crippen LogP contribution >= 0.6 is 0 Å². The minimum atomic E-state index is -3.79. The number of piperazine rings is 1. The number of hydrogen-bond acceptors (Lipinski definition) is 5. The number of primary sulfonamides is 1. The summed E-state index contributed by atoms with van der Waals surface area (Å²) in [7, 11) is -7.30. The van der Waals surface area contributed by atoms with E-state index in [4.69, 9.17) is 5.14 Å². The molecule has 1 saturated heterocycles. The number of nitrogens with two attached hydrogens (primary N) is 1. The minimum absolute atomic E-state index is 0.0456. The number of carbonyl (C=O) groups excluding carboxylic acids is 1. The Kier molecular flexibility index (Phi) is 6.81. The molecule has 152 valence electrons. The van der Waals surface area contributed by atoms with Gasteiger partial charge in [0.1, 0.15) is 0 Å². The first-order valence-electron chi connectivity index (χ1n) is 8.53. The van der Waals surface area contributed by atoms with Crippen LogP contribution in [0.3, 0.4) is 0 Å². The molecule has 1 heterocycles. The summed E-state index contributed by atoms with van der Waals surface area (Å²) >= 11 is 0. The molecule has 0 atom stereocenters. The Morgan fingerprint density at radius 1 is 1.04 bits per heavy atom. The molecule has 2 rings (SSSR count). The van der Waals surface area contributed by atoms with E-state index >= 15 is 0 Å². The number of nitrogens with zero attached hydrogens (tertiary/aromatic N) is 3. The molecule has 1 aromatic carbocycles. The fraction of sp³-hybridized carbons (Fsp3) is 0.533. The van der Waals surface area contributed by atoms with Crippen LogP contribution in [0.1, 0.15) is 13.8 Å². The van der Waals surface area contributed by atoms with Gasteiger partial charge in [-0.15, -0.1) is 0 Å². The molecule has 0 saturated carbocycles. The molecular weight excluding hydrogens is 394 g/mol. The van der Waals surface area contributed by atoms with Gasteiger partial charge >= 0.3 is 6.03 Å². The van der Waals surface area contributed by atoms with Gasteiger partial charge in [0.05, 0.1) is 4.90 Å². The third-order valence-corrected chi connectivity index (χ3v) is 7.43. The molecule has 1 aromatic rings. The smallest absolute Gasteiger partial charge is 0.321 e. The minimum Gasteiger partial charge on any atom is -0.322 e. The van der Waals surface area contributed by atoms with Gasteiger partial charge in [-0.3, -0.25) is 0 Å². The second-order valence-electron chi connectivity index (χ2n) is 5.98. The Hall–Kier alpha value is -1.73. The number of amides is 2. The van der Waals surface area contributed by atoms with Crippen LogP contribution in [0.4, 0.5) is 10.5 Å². The highest BCUT2D eigenvalue weighted by atomic mass is 32.2. The molecular formula is C15H25N5O5S2. The molecule has 12 heteroatoms. The van der Waals surface area contributed by atoms with Gasteiger partial charge in [0.2, 0.25) is 10.0 Å². The van der Waals surface area contributed by atoms with Gasteiger partial charge in [-0.1, -0.05) is 13.8 Å². The number of rotatable bonds is 6. The van der Waals surface area contributed by atoms with Crippen LogP contribution in [-0.4, -0.2) is 75.6 Å². The molecule has 0 radical (unpaired) electrons. The Balaban J connectivity index is 1.95. The third-order valence-electron chi connectivity index (χ3n) is 4.32. The summed E-state index contributed by atoms with van der Waals surface area (Å²) < 4.78 is 50.3. The monoisotopic (exact) mass is 419 g/mol. The van der Waals surface area contributed by atoms with E-state index < -0.39 is 20.2 Å². The van der Waals surface area contributed by atoms with Crippen molar-refractivity contribution < 1.29 is 21.6 Å². The average molecular weight is 420 g/mol. The highest BCUT2D eigenvalue weighted by Gasteiger charge is 2.32. The van der Waals surface area contributed by atoms with E-state index in [0.29, 0.717) is 18.8 Å². The van der Waals surface area contributed by atoms with Gasteiger partial charge in [0, 0.05) is 45.0 Å². The van der Waals surface area contributed by atoms with Crippen LogP contribution in [0, 0.1) is 0 Å². The van der Waals surface area contributed by atoms with E-state index in [9.17, 15) is 21.6 Å². The van der Waals surface area contributed by atoms with Gasteiger partial charge in [-0.25, -0.2) is 18.4 Å². The Bertz CT molecular complexity index is 858. The van der Waals surface area contributed by atoms with E-state index in [1.807, 2.05) is 0 Å². The standard InChI is InChI=1S/C15H25N5O5S2/c1-3-19(4-2)27(24,25)20-11-9-18(10-12-20)15(21)17-13-5-7-14(8-6-13)26(16,22)23/h5-8H,3-4,9-12H2,1-2H3,(H,17,21)(H2,16,22,23). The molecule has 0 spiro atoms. The zero-order chi connectivity index (χ0) is 20.2. The van der Waals surface area contributed by atoms with Crippen molar-refractivity contribution >= 4 is 32.0 Å². The van der Waals surface area contributed by atoms with E-state index in [0.717, 1.165) is 0 Å². The lowest BCUT2D eigenvalue weighted by Gasteiger charge is -2.36. The van der Waals surface area contributed by atoms with E-state index in [1.165, 1.54) is 37.8 Å². The predicted octanol–water partition coefficient (Wildman–Crippen LogP) is 0.0701. The zero-order valence-electron chi connectivity index (χ0n) is 15.3. The number of nitrogens with one attached hydrogen (secondary N) is 1. The van der Waals surface area contributed by atoms with E-state index in [1.54, 1.807) is 13.8 Å². The van der Waals surface area contributed by atoms with E-state index in [2.05, 4.69) is 5.32 Å². The van der Waals surface area contributed by atoms with Crippen molar-refractivity contribution in [2.45, 2.75) is 18.7 Å². The van der Waals surface area contributed by atoms with Crippen LogP contribution in [-0.2, 0) is 20.2 Å². The largest absolute Gasteiger partial charge is 0.322 e. The van der Waals surface area contributed by atoms with Gasteiger partial charge in [0.25, 0.3) is 10.2 Å². The van der Waals surface area contributed by atoms with Crippen LogP contribution in [0.25, 0.3) is 0 Å². The van der Waals surface area contributed by atoms with Crippen LogP contribution in [0.2, 0.25) is 0 Å². The number of sulfonamides is 1. The summed E-state index contributed by atoms with van der Waals surface area (Å²) in [5.41, 5.74) is 0.422. The molecule has 1 aliphatic rings. The Labute approximate surface area is 160 Å². The lowest BCUT2D eigenvalue weighted by atomic mass is 10.3. The third kappa shape index (κ3) is 5.17. The number of urea groups is 1. The SMILES string of the molecule is CCN(CC)S(=O)(=O)N1CCN(C(=O)Nc2ccc(S(N)(=O)=O)cc2)CC1. The molecule has 0 aromatic heterocycles. The average Bonchev–Trinajstić information content (AvgIpc) is 2.62. The molecule has 2 amide bonds. The quantitative estimate of drug-likeness (QED) is 0.673. The molecule has 0 aliphatic carbocycles. The summed E-state index contributed by atoms with van der Waals surface area (Å²) in [6.07, 6.45) is 0. The van der Waals surface area contributed by atoms with Crippen LogP contribution in [0.15, 0.2) is 29.2 Å². The predicted molar refractivity (Wildman–Crippen MR) is 102 cm³/mol. The highest BCUT2D eigenvalue weighted by Crippen LogP contribution is 2.15. The second-order valence-corrected chi connectivity index (χ2v) is 9.47. The van der Waals surface area contributed by atoms with E-state index in [-0.39, 0.29) is 37.1 Å². The molecule has 1 aliphatic heterocycles. The highest BCUT2D eigenvalue weighted by molar-refractivity contribution is 7.89. The van der Waals surface area contributed by atoms with Gasteiger partial charge in [-0.2, -0.15) is 17.0 Å². The summed E-state index contributed by atoms with van der Waals surface area (Å²) in [5.74, 6) is 0. The lowest BCUT2D eigenvalue weighted by molar-refractivity contribution is 0.181. The Morgan fingerprint density at radius 2 is 1.56 bits per heavy atom. The fourth-order valence-electron chi connectivity index (χ4n) is 2.77. The summed E-state index contributed by atoms with van der Waals surface area (Å²) in [6.45, 7) is 5.33. The normalized spacial score (nSPS) is 16.5. The van der Waals surface area contributed by atoms with Crippen molar-refractivity contribution in [1.29, 1.82) is 0 Å². The van der Waals surface area contributed by atoms with Crippen LogP contribution < -0.4 is 10.5 Å². The first-order chi connectivity index (χ1) is 12.6. The maximum absolute atomic E-state index is 12.5. The number of benzene rings is 1. The van der Waals surface area contributed by atoms with Gasteiger partial charge in [-0.05, 0) is 24.3 Å². The van der Waals surface area contributed by atoms with Gasteiger partial charge < -0.3 is 10.2 Å². The second kappa shape index (κ2) is 8.52. The van der Waals surface area contributed by atoms with Crippen molar-refractivity contribution in [2.24, 2.45) is 5.14 Å². The summed E-state index contributed by atoms with van der Waals surface area (Å²) in [6, 6.07) is 5.12. The first-order valence-corrected chi connectivity index (χ1v) is 11.5. The van der Waals surface area contributed by atoms with Crippen molar-refractivity contribution in [3.63, 3.8) is 0 Å². The molecule has 27 heavy (non-hydrogen) atoms. The van der Waals surface area contributed by atoms with Crippen molar-refractivity contribution in [1.82, 2.24) is 13.5 Å². The Morgan fingerprint density at radius 3 is 2.00 bits per heavy atom. The summed E-state index contributed by atoms with van der Waals surface area (Å²) in [5, 5.41) is 7.70. The molecule has 0 bridgehead atoms. The van der Waals surface area contributed by atoms with Crippen molar-refractivity contribution in [3.8, 4) is 0 Å². The molecule has 3 N–H and O–H groups in total. The lowest BCUT2D eigenvalue weighted by Crippen LogP contribution is -2.54. The number of hydrogen-bond donors (Lipinski definition) is 2. The summed E-state index contributed by atoms with van der Waals surface area (Å²) in [4.78, 5) is 13.8. The zero-order valence-corrected chi connectivity index (χ0v) is 17.0. The molecule has 0 unspecified atom stereocenters. The maximum Gasteiger partial charge on any atom is 0.321 e. The van der Waals surface area contributed by atoms with Crippen molar-refractivity contribution in [3.05, 3.63) is 24.3 Å². The maximum atomic E-state index is 12.5.